The first-order valence-corrected chi connectivity index (χ1v) is 11.3. The molecule has 0 aromatic carbocycles. The lowest BCUT2D eigenvalue weighted by molar-refractivity contribution is -0.145. The van der Waals surface area contributed by atoms with Crippen LogP contribution in [0, 0.1) is 0 Å². The Kier molecular flexibility index (Phi) is 8.72. The Labute approximate surface area is 205 Å². The molecule has 3 heterocycles. The fraction of sp³-hybridized carbons (Fsp3) is 0.476. The maximum absolute atomic E-state index is 13.3. The predicted molar refractivity (Wildman–Crippen MR) is 123 cm³/mol. The standard InChI is InChI=1S/C21H29N9O6/c22-13(4-11-7-24-9-26-11)18(32)28-14(6-17(23)31)20(34)30-3-1-2-16(30)19(33)29-15(21(35)36)5-12-8-25-10-27-12/h7-10,13-16H,1-6,22H2,(H2,23,31)(H,24,26)(H,25,27)(H,28,32)(H,29,33)(H,35,36). The van der Waals surface area contributed by atoms with E-state index in [1.54, 1.807) is 0 Å². The van der Waals surface area contributed by atoms with Crippen molar-refractivity contribution in [2.24, 2.45) is 11.5 Å². The van der Waals surface area contributed by atoms with Crippen molar-refractivity contribution in [3.05, 3.63) is 36.4 Å². The number of rotatable bonds is 12. The molecule has 1 aliphatic heterocycles. The van der Waals surface area contributed by atoms with Crippen molar-refractivity contribution < 1.29 is 29.1 Å². The summed E-state index contributed by atoms with van der Waals surface area (Å²) in [5.74, 6) is -4.11. The molecule has 2 aromatic heterocycles. The van der Waals surface area contributed by atoms with Crippen molar-refractivity contribution in [2.75, 3.05) is 6.54 Å². The van der Waals surface area contributed by atoms with Crippen molar-refractivity contribution in [2.45, 2.75) is 56.3 Å². The first-order chi connectivity index (χ1) is 17.2. The SMILES string of the molecule is NC(=O)CC(NC(=O)C(N)Cc1cnc[nH]1)C(=O)N1CCCC1C(=O)NC(Cc1cnc[nH]1)C(=O)O. The maximum atomic E-state index is 13.3. The Morgan fingerprint density at radius 1 is 1.06 bits per heavy atom. The summed E-state index contributed by atoms with van der Waals surface area (Å²) in [4.78, 5) is 76.7. The van der Waals surface area contributed by atoms with E-state index in [4.69, 9.17) is 11.5 Å². The van der Waals surface area contributed by atoms with E-state index < -0.39 is 60.2 Å². The highest BCUT2D eigenvalue weighted by atomic mass is 16.4. The van der Waals surface area contributed by atoms with Crippen LogP contribution < -0.4 is 22.1 Å². The number of nitrogens with zero attached hydrogens (tertiary/aromatic N) is 3. The minimum absolute atomic E-state index is 0.0314. The molecular weight excluding hydrogens is 474 g/mol. The van der Waals surface area contributed by atoms with Gasteiger partial charge in [0.1, 0.15) is 18.1 Å². The number of hydrogen-bond acceptors (Lipinski definition) is 8. The topological polar surface area (TPSA) is 242 Å². The second kappa shape index (κ2) is 11.9. The molecule has 0 spiro atoms. The number of nitrogens with two attached hydrogens (primary N) is 2. The average Bonchev–Trinajstić information content (AvgIpc) is 3.59. The molecule has 4 amide bonds. The summed E-state index contributed by atoms with van der Waals surface area (Å²) in [6.45, 7) is 0.181. The van der Waals surface area contributed by atoms with Crippen molar-refractivity contribution >= 4 is 29.6 Å². The summed E-state index contributed by atoms with van der Waals surface area (Å²) in [6, 6.07) is -4.61. The molecule has 9 N–H and O–H groups in total. The molecule has 1 saturated heterocycles. The van der Waals surface area contributed by atoms with E-state index in [2.05, 4.69) is 30.6 Å². The summed E-state index contributed by atoms with van der Waals surface area (Å²) in [7, 11) is 0. The Morgan fingerprint density at radius 3 is 2.25 bits per heavy atom. The second-order valence-corrected chi connectivity index (χ2v) is 8.49. The molecule has 1 fully saturated rings. The van der Waals surface area contributed by atoms with E-state index in [1.807, 2.05) is 0 Å². The van der Waals surface area contributed by atoms with E-state index in [-0.39, 0.29) is 25.8 Å². The molecule has 194 valence electrons. The zero-order valence-electron chi connectivity index (χ0n) is 19.3. The molecule has 0 bridgehead atoms. The van der Waals surface area contributed by atoms with E-state index in [9.17, 15) is 29.1 Å². The van der Waals surface area contributed by atoms with Crippen LogP contribution in [0.25, 0.3) is 0 Å². The van der Waals surface area contributed by atoms with Gasteiger partial charge >= 0.3 is 5.97 Å². The number of aliphatic carboxylic acids is 1. The largest absolute Gasteiger partial charge is 0.480 e. The molecule has 15 heteroatoms. The second-order valence-electron chi connectivity index (χ2n) is 8.49. The van der Waals surface area contributed by atoms with E-state index >= 15 is 0 Å². The number of carboxylic acids is 1. The van der Waals surface area contributed by atoms with E-state index in [1.165, 1.54) is 29.9 Å². The van der Waals surface area contributed by atoms with E-state index in [0.29, 0.717) is 17.8 Å². The van der Waals surface area contributed by atoms with Gasteiger partial charge in [0.15, 0.2) is 0 Å². The van der Waals surface area contributed by atoms with Crippen LogP contribution in [0.3, 0.4) is 0 Å². The number of carbonyl (C=O) groups is 5. The molecule has 4 atom stereocenters. The third-order valence-electron chi connectivity index (χ3n) is 5.78. The third-order valence-corrected chi connectivity index (χ3v) is 5.78. The van der Waals surface area contributed by atoms with Gasteiger partial charge in [-0.2, -0.15) is 0 Å². The summed E-state index contributed by atoms with van der Waals surface area (Å²) < 4.78 is 0. The smallest absolute Gasteiger partial charge is 0.326 e. The number of hydrogen-bond donors (Lipinski definition) is 7. The van der Waals surface area contributed by atoms with Gasteiger partial charge in [-0.1, -0.05) is 0 Å². The Hall–Kier alpha value is -4.27. The maximum Gasteiger partial charge on any atom is 0.326 e. The molecule has 2 aromatic rings. The first kappa shape index (κ1) is 26.3. The number of imidazole rings is 2. The highest BCUT2D eigenvalue weighted by Gasteiger charge is 2.39. The van der Waals surface area contributed by atoms with Crippen molar-refractivity contribution in [1.29, 1.82) is 0 Å². The lowest BCUT2D eigenvalue weighted by Crippen LogP contribution is -2.57. The molecule has 36 heavy (non-hydrogen) atoms. The van der Waals surface area contributed by atoms with E-state index in [0.717, 1.165) is 0 Å². The fourth-order valence-corrected chi connectivity index (χ4v) is 3.99. The van der Waals surface area contributed by atoms with Gasteiger partial charge in [-0.3, -0.25) is 19.2 Å². The van der Waals surface area contributed by atoms with Crippen LogP contribution in [0.5, 0.6) is 0 Å². The number of amides is 4. The summed E-state index contributed by atoms with van der Waals surface area (Å²) in [5, 5.41) is 14.4. The van der Waals surface area contributed by atoms with Crippen LogP contribution in [-0.4, -0.2) is 90.3 Å². The van der Waals surface area contributed by atoms with Crippen LogP contribution in [-0.2, 0) is 36.8 Å². The fourth-order valence-electron chi connectivity index (χ4n) is 3.99. The minimum Gasteiger partial charge on any atom is -0.480 e. The molecule has 1 aliphatic rings. The van der Waals surface area contributed by atoms with Gasteiger partial charge < -0.3 is 42.1 Å². The van der Waals surface area contributed by atoms with Gasteiger partial charge in [-0.15, -0.1) is 0 Å². The van der Waals surface area contributed by atoms with Crippen LogP contribution in [0.15, 0.2) is 25.0 Å². The summed E-state index contributed by atoms with van der Waals surface area (Å²) in [6.07, 6.45) is 6.11. The van der Waals surface area contributed by atoms with Crippen LogP contribution in [0.1, 0.15) is 30.7 Å². The highest BCUT2D eigenvalue weighted by Crippen LogP contribution is 2.20. The average molecular weight is 504 g/mol. The zero-order chi connectivity index (χ0) is 26.2. The molecular formula is C21H29N9O6. The lowest BCUT2D eigenvalue weighted by Gasteiger charge is -2.29. The van der Waals surface area contributed by atoms with Crippen LogP contribution >= 0.6 is 0 Å². The number of likely N-dealkylation sites (tertiary alicyclic amines) is 1. The molecule has 0 radical (unpaired) electrons. The van der Waals surface area contributed by atoms with Gasteiger partial charge in [0, 0.05) is 43.2 Å². The third kappa shape index (κ3) is 6.88. The minimum atomic E-state index is -1.34. The van der Waals surface area contributed by atoms with Crippen LogP contribution in [0.2, 0.25) is 0 Å². The summed E-state index contributed by atoms with van der Waals surface area (Å²) in [5.41, 5.74) is 12.3. The van der Waals surface area contributed by atoms with Crippen LogP contribution in [0.4, 0.5) is 0 Å². The first-order valence-electron chi connectivity index (χ1n) is 11.3. The molecule has 15 nitrogen and oxygen atoms in total. The normalized spacial score (nSPS) is 17.7. The predicted octanol–water partition coefficient (Wildman–Crippen LogP) is -2.83. The van der Waals surface area contributed by atoms with Gasteiger partial charge in [0.05, 0.1) is 25.1 Å². The quantitative estimate of drug-likeness (QED) is 0.157. The molecule has 3 rings (SSSR count). The Morgan fingerprint density at radius 2 is 1.69 bits per heavy atom. The number of aromatic amines is 2. The summed E-state index contributed by atoms with van der Waals surface area (Å²) >= 11 is 0. The number of aromatic nitrogens is 4. The Bertz CT molecular complexity index is 1070. The van der Waals surface area contributed by atoms with Gasteiger partial charge in [-0.25, -0.2) is 14.8 Å². The molecule has 0 saturated carbocycles. The number of nitrogens with one attached hydrogen (secondary N) is 4. The lowest BCUT2D eigenvalue weighted by atomic mass is 10.1. The number of primary amides is 1. The van der Waals surface area contributed by atoms with Crippen molar-refractivity contribution in [1.82, 2.24) is 35.5 Å². The zero-order valence-corrected chi connectivity index (χ0v) is 19.3. The van der Waals surface area contributed by atoms with Gasteiger partial charge in [0.2, 0.25) is 23.6 Å². The van der Waals surface area contributed by atoms with Gasteiger partial charge in [-0.05, 0) is 12.8 Å². The number of carboxylic acid groups (broad SMARTS) is 1. The van der Waals surface area contributed by atoms with Crippen molar-refractivity contribution in [3.8, 4) is 0 Å². The Balaban J connectivity index is 1.67. The highest BCUT2D eigenvalue weighted by molar-refractivity contribution is 5.96. The molecule has 0 aliphatic carbocycles. The number of carbonyl (C=O) groups excluding carboxylic acids is 4. The van der Waals surface area contributed by atoms with Crippen molar-refractivity contribution in [3.63, 3.8) is 0 Å². The molecule has 4 unspecified atom stereocenters. The number of H-pyrrole nitrogens is 2. The van der Waals surface area contributed by atoms with Gasteiger partial charge in [0.25, 0.3) is 0 Å². The monoisotopic (exact) mass is 503 g/mol.